The van der Waals surface area contributed by atoms with E-state index in [9.17, 15) is 8.42 Å². The molecule has 5 aromatic rings. The first-order chi connectivity index (χ1) is 17.1. The van der Waals surface area contributed by atoms with Crippen molar-refractivity contribution in [3.05, 3.63) is 126 Å². The number of hydrogen-bond donors (Lipinski definition) is 0. The zero-order valence-electron chi connectivity index (χ0n) is 19.4. The monoisotopic (exact) mass is 481 g/mol. The van der Waals surface area contributed by atoms with E-state index >= 15 is 0 Å². The van der Waals surface area contributed by atoms with Gasteiger partial charge in [0.05, 0.1) is 17.0 Å². The van der Waals surface area contributed by atoms with Gasteiger partial charge in [-0.15, -0.1) is 0 Å². The lowest BCUT2D eigenvalue weighted by molar-refractivity contribution is 0.243. The van der Waals surface area contributed by atoms with Crippen molar-refractivity contribution >= 4 is 20.7 Å². The van der Waals surface area contributed by atoms with Crippen LogP contribution in [0, 0.1) is 0 Å². The standard InChI is InChI=1S/C29H27N3O2S/c33-35(34,26-16-8-3-9-17-26)29-27-18-10-11-19-28(27)32(30-29)21-20-31(22-24-12-4-1-5-13-24)23-25-14-6-2-7-15-25/h1-19H,20-23H2. The van der Waals surface area contributed by atoms with Crippen LogP contribution in [0.3, 0.4) is 0 Å². The summed E-state index contributed by atoms with van der Waals surface area (Å²) >= 11 is 0. The second kappa shape index (κ2) is 10.3. The van der Waals surface area contributed by atoms with Crippen molar-refractivity contribution in [1.29, 1.82) is 0 Å². The minimum absolute atomic E-state index is 0.108. The zero-order chi connectivity index (χ0) is 24.1. The molecule has 0 N–H and O–H groups in total. The van der Waals surface area contributed by atoms with Gasteiger partial charge in [-0.25, -0.2) is 8.42 Å². The summed E-state index contributed by atoms with van der Waals surface area (Å²) in [4.78, 5) is 2.62. The first kappa shape index (κ1) is 23.0. The van der Waals surface area contributed by atoms with Crippen LogP contribution < -0.4 is 0 Å². The fourth-order valence-corrected chi connectivity index (χ4v) is 5.72. The first-order valence-electron chi connectivity index (χ1n) is 11.7. The van der Waals surface area contributed by atoms with Crippen molar-refractivity contribution in [2.75, 3.05) is 6.54 Å². The number of rotatable bonds is 9. The van der Waals surface area contributed by atoms with E-state index in [1.807, 2.05) is 47.1 Å². The Hall–Kier alpha value is -3.74. The van der Waals surface area contributed by atoms with Crippen LogP contribution in [0.1, 0.15) is 11.1 Å². The van der Waals surface area contributed by atoms with E-state index < -0.39 is 9.84 Å². The molecule has 0 amide bonds. The number of fused-ring (bicyclic) bond motifs is 1. The normalized spacial score (nSPS) is 11.8. The van der Waals surface area contributed by atoms with Crippen molar-refractivity contribution in [3.63, 3.8) is 0 Å². The maximum atomic E-state index is 13.4. The number of aromatic nitrogens is 2. The van der Waals surface area contributed by atoms with E-state index in [-0.39, 0.29) is 9.92 Å². The molecule has 5 rings (SSSR count). The molecule has 6 heteroatoms. The Morgan fingerprint density at radius 1 is 0.657 bits per heavy atom. The molecule has 1 aromatic heterocycles. The lowest BCUT2D eigenvalue weighted by Crippen LogP contribution is -2.27. The molecule has 0 aliphatic carbocycles. The Balaban J connectivity index is 1.45. The van der Waals surface area contributed by atoms with Crippen molar-refractivity contribution in [2.45, 2.75) is 29.6 Å². The van der Waals surface area contributed by atoms with Gasteiger partial charge in [0.25, 0.3) is 0 Å². The van der Waals surface area contributed by atoms with E-state index in [2.05, 4.69) is 58.5 Å². The molecule has 0 spiro atoms. The number of sulfone groups is 1. The average Bonchev–Trinajstić information content (AvgIpc) is 3.29. The van der Waals surface area contributed by atoms with E-state index in [0.29, 0.717) is 11.9 Å². The largest absolute Gasteiger partial charge is 0.293 e. The van der Waals surface area contributed by atoms with Crippen LogP contribution in [0.4, 0.5) is 0 Å². The van der Waals surface area contributed by atoms with Crippen molar-refractivity contribution in [2.24, 2.45) is 0 Å². The van der Waals surface area contributed by atoms with Crippen molar-refractivity contribution < 1.29 is 8.42 Å². The van der Waals surface area contributed by atoms with Crippen LogP contribution in [0.5, 0.6) is 0 Å². The van der Waals surface area contributed by atoms with Crippen molar-refractivity contribution in [1.82, 2.24) is 14.7 Å². The third kappa shape index (κ3) is 5.19. The van der Waals surface area contributed by atoms with E-state index in [1.54, 1.807) is 24.3 Å². The highest BCUT2D eigenvalue weighted by atomic mass is 32.2. The van der Waals surface area contributed by atoms with Gasteiger partial charge in [-0.2, -0.15) is 5.10 Å². The molecule has 0 saturated carbocycles. The van der Waals surface area contributed by atoms with Crippen LogP contribution >= 0.6 is 0 Å². The highest BCUT2D eigenvalue weighted by Crippen LogP contribution is 2.27. The van der Waals surface area contributed by atoms with Crippen LogP contribution in [0.25, 0.3) is 10.9 Å². The van der Waals surface area contributed by atoms with Gasteiger partial charge in [0, 0.05) is 25.0 Å². The summed E-state index contributed by atoms with van der Waals surface area (Å²) in [5.74, 6) is 0. The van der Waals surface area contributed by atoms with Crippen LogP contribution in [-0.4, -0.2) is 29.6 Å². The molecule has 0 saturated heterocycles. The quantitative estimate of drug-likeness (QED) is 0.276. The highest BCUT2D eigenvalue weighted by Gasteiger charge is 2.25. The molecule has 0 aliphatic heterocycles. The predicted molar refractivity (Wildman–Crippen MR) is 139 cm³/mol. The Kier molecular flexibility index (Phi) is 6.75. The smallest absolute Gasteiger partial charge is 0.226 e. The lowest BCUT2D eigenvalue weighted by Gasteiger charge is -2.23. The third-order valence-corrected chi connectivity index (χ3v) is 7.76. The second-order valence-electron chi connectivity index (χ2n) is 8.54. The molecule has 0 unspecified atom stereocenters. The summed E-state index contributed by atoms with van der Waals surface area (Å²) in [5.41, 5.74) is 3.29. The van der Waals surface area contributed by atoms with Gasteiger partial charge in [-0.1, -0.05) is 91.0 Å². The van der Waals surface area contributed by atoms with Crippen LogP contribution in [-0.2, 0) is 29.5 Å². The second-order valence-corrected chi connectivity index (χ2v) is 10.4. The summed E-state index contributed by atoms with van der Waals surface area (Å²) in [5, 5.41) is 5.38. The minimum atomic E-state index is -3.73. The summed E-state index contributed by atoms with van der Waals surface area (Å²) in [7, 11) is -3.73. The molecular formula is C29H27N3O2S. The maximum Gasteiger partial charge on any atom is 0.226 e. The number of nitrogens with zero attached hydrogens (tertiary/aromatic N) is 3. The molecular weight excluding hydrogens is 454 g/mol. The molecule has 5 nitrogen and oxygen atoms in total. The Morgan fingerprint density at radius 3 is 1.77 bits per heavy atom. The van der Waals surface area contributed by atoms with Gasteiger partial charge in [-0.3, -0.25) is 9.58 Å². The van der Waals surface area contributed by atoms with Gasteiger partial charge in [-0.05, 0) is 35.4 Å². The molecule has 0 bridgehead atoms. The zero-order valence-corrected chi connectivity index (χ0v) is 20.2. The highest BCUT2D eigenvalue weighted by molar-refractivity contribution is 7.91. The topological polar surface area (TPSA) is 55.2 Å². The molecule has 4 aromatic carbocycles. The summed E-state index contributed by atoms with van der Waals surface area (Å²) in [6.07, 6.45) is 0. The number of para-hydroxylation sites is 1. The fourth-order valence-electron chi connectivity index (χ4n) is 4.31. The van der Waals surface area contributed by atoms with E-state index in [4.69, 9.17) is 0 Å². The summed E-state index contributed by atoms with van der Waals surface area (Å²) in [6, 6.07) is 36.8. The Morgan fingerprint density at radius 2 is 1.17 bits per heavy atom. The van der Waals surface area contributed by atoms with Crippen LogP contribution in [0.2, 0.25) is 0 Å². The predicted octanol–water partition coefficient (Wildman–Crippen LogP) is 5.57. The fraction of sp³-hybridized carbons (Fsp3) is 0.138. The van der Waals surface area contributed by atoms with Gasteiger partial charge in [0.2, 0.25) is 9.84 Å². The third-order valence-electron chi connectivity index (χ3n) is 6.06. The van der Waals surface area contributed by atoms with Gasteiger partial charge >= 0.3 is 0 Å². The van der Waals surface area contributed by atoms with Gasteiger partial charge < -0.3 is 0 Å². The van der Waals surface area contributed by atoms with E-state index in [1.165, 1.54) is 11.1 Å². The molecule has 0 atom stereocenters. The average molecular weight is 482 g/mol. The molecule has 1 heterocycles. The van der Waals surface area contributed by atoms with Gasteiger partial charge in [0.1, 0.15) is 0 Å². The first-order valence-corrected chi connectivity index (χ1v) is 13.2. The van der Waals surface area contributed by atoms with E-state index in [0.717, 1.165) is 25.2 Å². The molecule has 0 radical (unpaired) electrons. The van der Waals surface area contributed by atoms with Crippen LogP contribution in [0.15, 0.2) is 125 Å². The molecule has 0 aliphatic rings. The summed E-state index contributed by atoms with van der Waals surface area (Å²) in [6.45, 7) is 2.89. The van der Waals surface area contributed by atoms with Crippen molar-refractivity contribution in [3.8, 4) is 0 Å². The molecule has 0 fully saturated rings. The Bertz CT molecular complexity index is 1460. The van der Waals surface area contributed by atoms with Gasteiger partial charge in [0.15, 0.2) is 5.03 Å². The summed E-state index contributed by atoms with van der Waals surface area (Å²) < 4.78 is 28.6. The Labute approximate surface area is 206 Å². The SMILES string of the molecule is O=S(=O)(c1ccccc1)c1nn(CCN(Cc2ccccc2)Cc2ccccc2)c2ccccc12. The molecule has 35 heavy (non-hydrogen) atoms. The maximum absolute atomic E-state index is 13.4. The lowest BCUT2D eigenvalue weighted by atomic mass is 10.1. The molecule has 176 valence electrons. The number of benzene rings is 4. The minimum Gasteiger partial charge on any atom is -0.293 e. The number of hydrogen-bond acceptors (Lipinski definition) is 4.